The Bertz CT molecular complexity index is 2280. The maximum absolute atomic E-state index is 12.7. The minimum absolute atomic E-state index is 0. The van der Waals surface area contributed by atoms with E-state index in [-0.39, 0.29) is 41.9 Å². The Hall–Kier alpha value is -6.45. The number of anilines is 2. The molecule has 0 saturated heterocycles. The number of benzene rings is 2. The Balaban J connectivity index is 0.000000182. The number of amidine groups is 1. The lowest BCUT2D eigenvalue weighted by atomic mass is 10.1. The number of fused-ring (bicyclic) bond motifs is 6. The maximum Gasteiger partial charge on any atom is 0.222 e. The molecule has 54 heavy (non-hydrogen) atoms. The van der Waals surface area contributed by atoms with Gasteiger partial charge in [0.15, 0.2) is 29.8 Å². The molecule has 6 heterocycles. The number of aliphatic hydroxyl groups excluding tert-OH is 1. The van der Waals surface area contributed by atoms with E-state index in [1.54, 1.807) is 81.5 Å². The first-order valence-electron chi connectivity index (χ1n) is 16.7. The number of allylic oxidation sites excluding steroid dienone is 1. The highest BCUT2D eigenvalue weighted by Gasteiger charge is 2.33. The Labute approximate surface area is 316 Å². The summed E-state index contributed by atoms with van der Waals surface area (Å²) in [5.41, 5.74) is 3.77. The molecule has 0 saturated carbocycles. The topological polar surface area (TPSA) is 175 Å². The molecule has 1 aromatic carbocycles. The van der Waals surface area contributed by atoms with Crippen molar-refractivity contribution in [1.29, 1.82) is 0 Å². The van der Waals surface area contributed by atoms with Gasteiger partial charge in [0, 0.05) is 85.9 Å². The van der Waals surface area contributed by atoms with Crippen LogP contribution in [0.5, 0.6) is 17.2 Å². The summed E-state index contributed by atoms with van der Waals surface area (Å²) in [6, 6.07) is 14.0. The van der Waals surface area contributed by atoms with Crippen LogP contribution in [0.1, 0.15) is 27.3 Å². The van der Waals surface area contributed by atoms with Crippen molar-refractivity contribution in [2.45, 2.75) is 6.54 Å². The summed E-state index contributed by atoms with van der Waals surface area (Å²) < 4.78 is 23.4. The maximum atomic E-state index is 12.7. The third kappa shape index (κ3) is 7.27. The van der Waals surface area contributed by atoms with Gasteiger partial charge in [-0.05, 0) is 48.5 Å². The van der Waals surface area contributed by atoms with Crippen LogP contribution in [0.4, 0.5) is 11.5 Å². The predicted molar refractivity (Wildman–Crippen MR) is 206 cm³/mol. The first-order chi connectivity index (χ1) is 25.9. The van der Waals surface area contributed by atoms with Crippen LogP contribution in [0.25, 0.3) is 23.1 Å². The molecule has 0 radical (unpaired) electrons. The van der Waals surface area contributed by atoms with E-state index in [4.69, 9.17) is 18.9 Å². The van der Waals surface area contributed by atoms with Gasteiger partial charge in [-0.15, -0.1) is 12.4 Å². The molecule has 0 amide bonds. The standard InChI is InChI=1S/C20H20N4O4.C18H16N4O3.ClH/c1-26-12-28-16-6-5-14-18(19(16)27-2)23-17(24-9-8-22-20(14)24)10-15(25)13-4-3-7-21-11-13;1-25-17-13(23)5-4-12-16(17)21-15(22-8-7-20-18(12)22)9-14(24)11-3-2-6-19-10-11;/h3-7,10-11,23H,8-9,12H2,1-2H3;2-6,9-10,20,24H,7-8H2,1H3;1H/b;14-9-;. The van der Waals surface area contributed by atoms with Crippen LogP contribution >= 0.6 is 12.4 Å². The summed E-state index contributed by atoms with van der Waals surface area (Å²) in [6.45, 7) is 2.91. The van der Waals surface area contributed by atoms with Gasteiger partial charge in [0.25, 0.3) is 0 Å². The molecule has 2 aromatic heterocycles. The number of carbonyl (C=O) groups is 1. The molecule has 4 aliphatic heterocycles. The van der Waals surface area contributed by atoms with Crippen molar-refractivity contribution in [2.24, 2.45) is 4.99 Å². The minimum atomic E-state index is -0.225. The van der Waals surface area contributed by atoms with Crippen molar-refractivity contribution in [1.82, 2.24) is 24.4 Å². The smallest absolute Gasteiger partial charge is 0.222 e. The van der Waals surface area contributed by atoms with Gasteiger partial charge in [0.2, 0.25) is 5.43 Å². The van der Waals surface area contributed by atoms with Crippen LogP contribution in [0.3, 0.4) is 0 Å². The number of rotatable bonds is 9. The van der Waals surface area contributed by atoms with Crippen molar-refractivity contribution >= 4 is 47.4 Å². The van der Waals surface area contributed by atoms with Gasteiger partial charge >= 0.3 is 0 Å². The second-order valence-electron chi connectivity index (χ2n) is 11.8. The van der Waals surface area contributed by atoms with Crippen LogP contribution in [-0.2, 0) is 11.3 Å². The number of hydrogen-bond donors (Lipinski definition) is 3. The number of carbonyl (C=O) groups excluding carboxylic acids is 1. The van der Waals surface area contributed by atoms with Crippen LogP contribution in [0, 0.1) is 0 Å². The number of aliphatic hydroxyl groups is 1. The Kier molecular flexibility index (Phi) is 11.4. The quantitative estimate of drug-likeness (QED) is 0.0800. The van der Waals surface area contributed by atoms with E-state index < -0.39 is 0 Å². The van der Waals surface area contributed by atoms with Crippen LogP contribution < -0.4 is 30.3 Å². The molecule has 16 heteroatoms. The molecular formula is C38H37ClN8O7. The summed E-state index contributed by atoms with van der Waals surface area (Å²) >= 11 is 0. The minimum Gasteiger partial charge on any atom is -0.507 e. The molecule has 3 N–H and O–H groups in total. The molecule has 1 aliphatic carbocycles. The molecule has 0 atom stereocenters. The fourth-order valence-corrected chi connectivity index (χ4v) is 6.27. The highest BCUT2D eigenvalue weighted by atomic mass is 35.5. The summed E-state index contributed by atoms with van der Waals surface area (Å²) in [5.74, 6) is 4.02. The summed E-state index contributed by atoms with van der Waals surface area (Å²) in [4.78, 5) is 43.9. The number of ether oxygens (including phenoxy) is 4. The number of pyridine rings is 2. The monoisotopic (exact) mass is 752 g/mol. The first-order valence-corrected chi connectivity index (χ1v) is 16.7. The molecule has 278 valence electrons. The SMILES string of the molecule is COCOc1ccc2c(c1OC)NC(=CC(=O)c1cccnc1)N1CCN=C21.COc1c2nc(/C=C(\O)c3cccnc3)n3c(c-2ccc1=O)NCC3.Cl. The lowest BCUT2D eigenvalue weighted by Gasteiger charge is -2.32. The lowest BCUT2D eigenvalue weighted by Crippen LogP contribution is -2.36. The Morgan fingerprint density at radius 2 is 1.69 bits per heavy atom. The number of nitrogens with one attached hydrogen (secondary N) is 2. The van der Waals surface area contributed by atoms with Crippen molar-refractivity contribution in [3.63, 3.8) is 0 Å². The molecule has 0 spiro atoms. The van der Waals surface area contributed by atoms with E-state index in [0.29, 0.717) is 65.3 Å². The van der Waals surface area contributed by atoms with Gasteiger partial charge in [0.1, 0.15) is 34.8 Å². The van der Waals surface area contributed by atoms with Gasteiger partial charge in [-0.2, -0.15) is 0 Å². The number of ketones is 1. The van der Waals surface area contributed by atoms with Gasteiger partial charge < -0.3 is 44.2 Å². The van der Waals surface area contributed by atoms with E-state index >= 15 is 0 Å². The number of aliphatic imine (C=N–C) groups is 1. The first kappa shape index (κ1) is 37.3. The van der Waals surface area contributed by atoms with E-state index in [1.165, 1.54) is 13.2 Å². The van der Waals surface area contributed by atoms with Crippen LogP contribution in [0.2, 0.25) is 0 Å². The van der Waals surface area contributed by atoms with Crippen LogP contribution in [0.15, 0.2) is 95.0 Å². The predicted octanol–water partition coefficient (Wildman–Crippen LogP) is 4.94. The second-order valence-corrected chi connectivity index (χ2v) is 11.8. The third-order valence-corrected chi connectivity index (χ3v) is 8.68. The summed E-state index contributed by atoms with van der Waals surface area (Å²) in [5, 5.41) is 17.0. The lowest BCUT2D eigenvalue weighted by molar-refractivity contribution is 0.0492. The van der Waals surface area contributed by atoms with Crippen molar-refractivity contribution in [2.75, 3.05) is 58.4 Å². The van der Waals surface area contributed by atoms with Gasteiger partial charge in [-0.25, -0.2) is 4.98 Å². The Morgan fingerprint density at radius 3 is 2.39 bits per heavy atom. The largest absolute Gasteiger partial charge is 0.507 e. The average molecular weight is 753 g/mol. The zero-order valence-electron chi connectivity index (χ0n) is 29.6. The van der Waals surface area contributed by atoms with Crippen molar-refractivity contribution < 1.29 is 28.8 Å². The zero-order chi connectivity index (χ0) is 36.9. The van der Waals surface area contributed by atoms with E-state index in [9.17, 15) is 14.7 Å². The zero-order valence-corrected chi connectivity index (χ0v) is 30.4. The van der Waals surface area contributed by atoms with Gasteiger partial charge in [0.05, 0.1) is 26.5 Å². The third-order valence-electron chi connectivity index (χ3n) is 8.68. The average Bonchev–Trinajstić information content (AvgIpc) is 3.90. The number of nitrogens with zero attached hydrogens (tertiary/aromatic N) is 6. The molecule has 3 aromatic rings. The molecule has 0 bridgehead atoms. The number of halogens is 1. The van der Waals surface area contributed by atoms with Crippen molar-refractivity contribution in [3.8, 4) is 28.5 Å². The molecule has 15 nitrogen and oxygen atoms in total. The van der Waals surface area contributed by atoms with Gasteiger partial charge in [-0.1, -0.05) is 0 Å². The van der Waals surface area contributed by atoms with Crippen molar-refractivity contribution in [3.05, 3.63) is 118 Å². The number of aromatic nitrogens is 4. The van der Waals surface area contributed by atoms with E-state index in [0.717, 1.165) is 29.3 Å². The molecular weight excluding hydrogens is 716 g/mol. The number of methoxy groups -OCH3 is 3. The second kappa shape index (κ2) is 16.5. The fourth-order valence-electron chi connectivity index (χ4n) is 6.27. The van der Waals surface area contributed by atoms with Crippen LogP contribution in [-0.4, -0.2) is 88.9 Å². The molecule has 8 rings (SSSR count). The van der Waals surface area contributed by atoms with E-state index in [2.05, 4.69) is 30.6 Å². The number of hydrogen-bond acceptors (Lipinski definition) is 14. The van der Waals surface area contributed by atoms with Gasteiger partial charge in [-0.3, -0.25) is 24.5 Å². The molecule has 0 fully saturated rings. The fraction of sp³-hybridized carbons (Fsp3) is 0.211. The molecule has 0 unspecified atom stereocenters. The highest BCUT2D eigenvalue weighted by Crippen LogP contribution is 2.43. The summed E-state index contributed by atoms with van der Waals surface area (Å²) in [6.07, 6.45) is 9.53. The normalized spacial score (nSPS) is 14.6. The Morgan fingerprint density at radius 1 is 0.944 bits per heavy atom. The summed E-state index contributed by atoms with van der Waals surface area (Å²) in [7, 11) is 4.58. The van der Waals surface area contributed by atoms with E-state index in [1.807, 2.05) is 21.6 Å². The highest BCUT2D eigenvalue weighted by molar-refractivity contribution is 6.11. The molecule has 5 aliphatic rings.